The molecule has 0 unspecified atom stereocenters. The number of nitroso groups, excluding NO2 is 1. The molecule has 6 rings (SSSR count). The second kappa shape index (κ2) is 11.0. The molecule has 12 heteroatoms. The molecular weight excluding hydrogens is 558 g/mol. The number of carbonyl (C=O) groups excluding carboxylic acids is 2. The summed E-state index contributed by atoms with van der Waals surface area (Å²) in [7, 11) is 1.55. The first-order valence-corrected chi connectivity index (χ1v) is 13.7. The van der Waals surface area contributed by atoms with Crippen molar-refractivity contribution < 1.29 is 33.3 Å². The van der Waals surface area contributed by atoms with Gasteiger partial charge in [-0.05, 0) is 72.1 Å². The molecule has 4 heterocycles. The van der Waals surface area contributed by atoms with Gasteiger partial charge >= 0.3 is 12.1 Å². The number of rotatable bonds is 8. The van der Waals surface area contributed by atoms with Crippen molar-refractivity contribution in [2.75, 3.05) is 13.9 Å². The number of cyclic esters (lactones) is 1. The Balaban J connectivity index is 1.44. The Bertz CT molecular complexity index is 1850. The third-order valence-corrected chi connectivity index (χ3v) is 7.84. The number of methoxy groups -OCH3 is 1. The molecule has 43 heavy (non-hydrogen) atoms. The molecule has 0 radical (unpaired) electrons. The smallest absolute Gasteiger partial charge is 0.468 e. The van der Waals surface area contributed by atoms with E-state index in [1.807, 2.05) is 19.1 Å². The summed E-state index contributed by atoms with van der Waals surface area (Å²) in [5, 5.41) is 3.72. The molecule has 2 aliphatic heterocycles. The van der Waals surface area contributed by atoms with E-state index in [9.17, 15) is 19.3 Å². The summed E-state index contributed by atoms with van der Waals surface area (Å²) in [5.41, 5.74) is 2.07. The van der Waals surface area contributed by atoms with Gasteiger partial charge in [0.1, 0.15) is 23.8 Å². The molecule has 4 aromatic rings. The van der Waals surface area contributed by atoms with Crippen LogP contribution in [0, 0.1) is 4.91 Å². The van der Waals surface area contributed by atoms with E-state index in [0.717, 1.165) is 22.0 Å². The highest BCUT2D eigenvalue weighted by Crippen LogP contribution is 2.42. The number of fused-ring (bicyclic) bond motifs is 5. The molecule has 1 atom stereocenters. The summed E-state index contributed by atoms with van der Waals surface area (Å²) in [4.78, 5) is 55.7. The zero-order valence-corrected chi connectivity index (χ0v) is 23.7. The maximum Gasteiger partial charge on any atom is 0.515 e. The molecule has 0 N–H and O–H groups in total. The highest BCUT2D eigenvalue weighted by Gasteiger charge is 2.51. The summed E-state index contributed by atoms with van der Waals surface area (Å²) in [6.45, 7) is 3.81. The molecular formula is C31H27N3O9. The van der Waals surface area contributed by atoms with Crippen molar-refractivity contribution in [2.24, 2.45) is 5.18 Å². The average molecular weight is 586 g/mol. The van der Waals surface area contributed by atoms with Gasteiger partial charge in [0.05, 0.1) is 29.0 Å². The van der Waals surface area contributed by atoms with E-state index in [0.29, 0.717) is 23.6 Å². The van der Waals surface area contributed by atoms with Gasteiger partial charge in [0.25, 0.3) is 5.56 Å². The highest BCUT2D eigenvalue weighted by molar-refractivity contribution is 5.90. The number of carbonyl (C=O) groups is 2. The zero-order chi connectivity index (χ0) is 30.3. The van der Waals surface area contributed by atoms with Crippen LogP contribution < -0.4 is 15.0 Å². The number of benzene rings is 2. The minimum atomic E-state index is -1.93. The van der Waals surface area contributed by atoms with Crippen molar-refractivity contribution in [1.82, 2.24) is 9.55 Å². The second-order valence-electron chi connectivity index (χ2n) is 10.1. The fraction of sp³-hybridized carbons (Fsp3) is 0.290. The Morgan fingerprint density at radius 1 is 1.07 bits per heavy atom. The molecule has 0 saturated heterocycles. The molecule has 0 spiro atoms. The van der Waals surface area contributed by atoms with E-state index >= 15 is 0 Å². The summed E-state index contributed by atoms with van der Waals surface area (Å²) < 4.78 is 28.6. The van der Waals surface area contributed by atoms with Crippen LogP contribution in [0.15, 0.2) is 58.5 Å². The first-order valence-electron chi connectivity index (χ1n) is 13.7. The van der Waals surface area contributed by atoms with Gasteiger partial charge in [-0.3, -0.25) is 4.79 Å². The molecule has 0 amide bonds. The second-order valence-corrected chi connectivity index (χ2v) is 10.1. The van der Waals surface area contributed by atoms with E-state index in [1.54, 1.807) is 30.7 Å². The van der Waals surface area contributed by atoms with Gasteiger partial charge in [0.15, 0.2) is 6.79 Å². The van der Waals surface area contributed by atoms with Crippen LogP contribution in [0.3, 0.4) is 0 Å². The van der Waals surface area contributed by atoms with Gasteiger partial charge in [0, 0.05) is 23.6 Å². The molecule has 0 aliphatic carbocycles. The van der Waals surface area contributed by atoms with Crippen molar-refractivity contribution in [3.05, 3.63) is 86.0 Å². The van der Waals surface area contributed by atoms with Gasteiger partial charge in [-0.15, -0.1) is 4.91 Å². The Hall–Kier alpha value is -5.10. The lowest BCUT2D eigenvalue weighted by atomic mass is 9.85. The number of hydrogen-bond donors (Lipinski definition) is 0. The van der Waals surface area contributed by atoms with Crippen LogP contribution in [0.1, 0.15) is 42.5 Å². The number of aryl methyl sites for hydroxylation is 1. The lowest BCUT2D eigenvalue weighted by Crippen LogP contribution is -2.47. The van der Waals surface area contributed by atoms with Gasteiger partial charge in [-0.2, -0.15) is 0 Å². The first-order chi connectivity index (χ1) is 20.8. The van der Waals surface area contributed by atoms with Crippen molar-refractivity contribution >= 4 is 28.7 Å². The summed E-state index contributed by atoms with van der Waals surface area (Å²) in [5.74, 6) is -0.0977. The number of pyridine rings is 2. The van der Waals surface area contributed by atoms with Crippen LogP contribution >= 0.6 is 0 Å². The van der Waals surface area contributed by atoms with Crippen molar-refractivity contribution in [3.63, 3.8) is 0 Å². The molecule has 2 aromatic heterocycles. The third kappa shape index (κ3) is 4.59. The highest BCUT2D eigenvalue weighted by atomic mass is 16.7. The fourth-order valence-corrected chi connectivity index (χ4v) is 5.75. The normalized spacial score (nSPS) is 16.6. The Kier molecular flexibility index (Phi) is 7.14. The van der Waals surface area contributed by atoms with E-state index < -0.39 is 17.7 Å². The van der Waals surface area contributed by atoms with E-state index in [-0.39, 0.29) is 54.5 Å². The van der Waals surface area contributed by atoms with E-state index in [2.05, 4.69) is 5.18 Å². The first kappa shape index (κ1) is 28.0. The number of esters is 1. The summed E-state index contributed by atoms with van der Waals surface area (Å²) in [6.07, 6.45) is -0.521. The SMILES string of the molecule is CCc1c2c(nc3ccc(OCOC)cc13)-c1cc3c(c(=O)n1C2)COC(=O)[C@@]3(CC)OC(=O)Oc1ccc(N=O)cc1. The summed E-state index contributed by atoms with van der Waals surface area (Å²) >= 11 is 0. The van der Waals surface area contributed by atoms with Crippen molar-refractivity contribution in [1.29, 1.82) is 0 Å². The standard InChI is InChI=1S/C31H27N3O9/c1-4-20-21-12-19(41-16-39-3)10-11-25(21)32-27-22(20)14-34-26(27)13-24-23(28(34)35)15-40-29(36)31(24,5-2)43-30(37)42-18-8-6-17(33-38)7-9-18/h6-13H,4-5,14-16H2,1-3H3/t31-/m0/s1. The molecule has 2 aromatic carbocycles. The topological polar surface area (TPSA) is 145 Å². The number of hydrogen-bond acceptors (Lipinski definition) is 11. The van der Waals surface area contributed by atoms with Crippen LogP contribution in [0.4, 0.5) is 10.5 Å². The zero-order valence-electron chi connectivity index (χ0n) is 23.7. The molecule has 12 nitrogen and oxygen atoms in total. The maximum atomic E-state index is 13.9. The fourth-order valence-electron chi connectivity index (χ4n) is 5.75. The predicted molar refractivity (Wildman–Crippen MR) is 153 cm³/mol. The molecule has 2 aliphatic rings. The average Bonchev–Trinajstić information content (AvgIpc) is 3.39. The Morgan fingerprint density at radius 3 is 2.53 bits per heavy atom. The minimum absolute atomic E-state index is 0.0205. The van der Waals surface area contributed by atoms with Crippen LogP contribution in [-0.4, -0.2) is 35.6 Å². The van der Waals surface area contributed by atoms with E-state index in [4.69, 9.17) is 28.7 Å². The van der Waals surface area contributed by atoms with Gasteiger partial charge in [0.2, 0.25) is 5.60 Å². The maximum absolute atomic E-state index is 13.9. The molecule has 0 fully saturated rings. The molecule has 220 valence electrons. The Morgan fingerprint density at radius 2 is 1.84 bits per heavy atom. The number of ether oxygens (including phenoxy) is 5. The third-order valence-electron chi connectivity index (χ3n) is 7.84. The van der Waals surface area contributed by atoms with E-state index in [1.165, 1.54) is 24.3 Å². The van der Waals surface area contributed by atoms with Crippen LogP contribution in [0.5, 0.6) is 11.5 Å². The monoisotopic (exact) mass is 585 g/mol. The van der Waals surface area contributed by atoms with Gasteiger partial charge in [-0.1, -0.05) is 13.8 Å². The lowest BCUT2D eigenvalue weighted by Gasteiger charge is -2.35. The molecule has 0 saturated carbocycles. The van der Waals surface area contributed by atoms with Crippen LogP contribution in [0.2, 0.25) is 0 Å². The predicted octanol–water partition coefficient (Wildman–Crippen LogP) is 5.25. The minimum Gasteiger partial charge on any atom is -0.468 e. The quantitative estimate of drug-likeness (QED) is 0.102. The Labute approximate surface area is 245 Å². The number of nitrogens with zero attached hydrogens (tertiary/aromatic N) is 3. The van der Waals surface area contributed by atoms with Gasteiger partial charge < -0.3 is 28.3 Å². The van der Waals surface area contributed by atoms with Gasteiger partial charge in [-0.25, -0.2) is 14.6 Å². The van der Waals surface area contributed by atoms with Crippen molar-refractivity contribution in [3.8, 4) is 22.9 Å². The van der Waals surface area contributed by atoms with Crippen molar-refractivity contribution in [2.45, 2.75) is 45.4 Å². The number of aromatic nitrogens is 2. The lowest BCUT2D eigenvalue weighted by molar-refractivity contribution is -0.174. The van der Waals surface area contributed by atoms with Crippen LogP contribution in [0.25, 0.3) is 22.3 Å². The largest absolute Gasteiger partial charge is 0.515 e. The van der Waals surface area contributed by atoms with Crippen LogP contribution in [-0.2, 0) is 44.2 Å². The molecule has 0 bridgehead atoms. The summed E-state index contributed by atoms with van der Waals surface area (Å²) in [6, 6.07) is 12.7.